The topological polar surface area (TPSA) is 92.7 Å². The molecule has 0 amide bonds. The maximum absolute atomic E-state index is 11.7. The van der Waals surface area contributed by atoms with E-state index in [0.29, 0.717) is 17.9 Å². The molecule has 0 radical (unpaired) electrons. The molecular weight excluding hydrogens is 294 g/mol. The molecule has 1 aromatic rings. The Morgan fingerprint density at radius 3 is 2.43 bits per heavy atom. The quantitative estimate of drug-likeness (QED) is 0.413. The van der Waals surface area contributed by atoms with Crippen LogP contribution in [0.15, 0.2) is 24.3 Å². The smallest absolute Gasteiger partial charge is 0.338 e. The van der Waals surface area contributed by atoms with Crippen LogP contribution in [-0.4, -0.2) is 31.4 Å². The zero-order valence-corrected chi connectivity index (χ0v) is 12.9. The standard InChI is InChI=1S/C14H21NO5S/c1-2-3-4-5-10-20-14(16)12-6-8-13(9-7-12)15-11-21(17,18)19/h6-9,15H,2-5,10-11H2,1H3,(H,17,18,19). The molecule has 6 nitrogen and oxygen atoms in total. The van der Waals surface area contributed by atoms with Gasteiger partial charge in [0.1, 0.15) is 5.88 Å². The van der Waals surface area contributed by atoms with E-state index >= 15 is 0 Å². The third kappa shape index (κ3) is 7.67. The van der Waals surface area contributed by atoms with Gasteiger partial charge in [-0.25, -0.2) is 4.79 Å². The van der Waals surface area contributed by atoms with Crippen LogP contribution in [0.2, 0.25) is 0 Å². The summed E-state index contributed by atoms with van der Waals surface area (Å²) in [6.07, 6.45) is 4.16. The molecule has 0 bridgehead atoms. The van der Waals surface area contributed by atoms with E-state index in [0.717, 1.165) is 25.7 Å². The van der Waals surface area contributed by atoms with Gasteiger partial charge in [-0.05, 0) is 30.7 Å². The van der Waals surface area contributed by atoms with Gasteiger partial charge < -0.3 is 10.1 Å². The van der Waals surface area contributed by atoms with Gasteiger partial charge in [0.15, 0.2) is 0 Å². The van der Waals surface area contributed by atoms with Crippen LogP contribution in [0.3, 0.4) is 0 Å². The first kappa shape index (κ1) is 17.5. The number of benzene rings is 1. The zero-order valence-electron chi connectivity index (χ0n) is 12.0. The number of ether oxygens (including phenoxy) is 1. The fourth-order valence-electron chi connectivity index (χ4n) is 1.68. The highest BCUT2D eigenvalue weighted by molar-refractivity contribution is 7.85. The van der Waals surface area contributed by atoms with Gasteiger partial charge in [0.25, 0.3) is 10.1 Å². The van der Waals surface area contributed by atoms with Crippen molar-refractivity contribution in [2.75, 3.05) is 17.8 Å². The van der Waals surface area contributed by atoms with Gasteiger partial charge >= 0.3 is 5.97 Å². The maximum atomic E-state index is 11.7. The van der Waals surface area contributed by atoms with Crippen molar-refractivity contribution in [3.8, 4) is 0 Å². The Morgan fingerprint density at radius 2 is 1.86 bits per heavy atom. The predicted octanol–water partition coefficient (Wildman–Crippen LogP) is 2.68. The molecule has 1 aromatic carbocycles. The molecule has 0 aromatic heterocycles. The van der Waals surface area contributed by atoms with Gasteiger partial charge in [0, 0.05) is 5.69 Å². The normalized spacial score (nSPS) is 11.1. The minimum absolute atomic E-state index is 0.396. The molecule has 118 valence electrons. The van der Waals surface area contributed by atoms with Gasteiger partial charge in [-0.15, -0.1) is 0 Å². The average Bonchev–Trinajstić information content (AvgIpc) is 2.44. The van der Waals surface area contributed by atoms with E-state index < -0.39 is 22.0 Å². The number of carbonyl (C=O) groups excluding carboxylic acids is 1. The molecule has 0 aliphatic rings. The summed E-state index contributed by atoms with van der Waals surface area (Å²) < 4.78 is 34.9. The lowest BCUT2D eigenvalue weighted by Crippen LogP contribution is -2.13. The molecule has 0 saturated heterocycles. The third-order valence-electron chi connectivity index (χ3n) is 2.81. The van der Waals surface area contributed by atoms with Crippen LogP contribution in [0.25, 0.3) is 0 Å². The van der Waals surface area contributed by atoms with E-state index in [1.54, 1.807) is 24.3 Å². The van der Waals surface area contributed by atoms with E-state index in [2.05, 4.69) is 12.2 Å². The summed E-state index contributed by atoms with van der Waals surface area (Å²) in [5.41, 5.74) is 0.898. The van der Waals surface area contributed by atoms with Crippen LogP contribution in [0.1, 0.15) is 43.0 Å². The molecular formula is C14H21NO5S. The Balaban J connectivity index is 2.40. The van der Waals surface area contributed by atoms with Crippen LogP contribution in [0.5, 0.6) is 0 Å². The Bertz CT molecular complexity index is 539. The van der Waals surface area contributed by atoms with E-state index in [-0.39, 0.29) is 0 Å². The zero-order chi connectivity index (χ0) is 15.7. The fourth-order valence-corrected chi connectivity index (χ4v) is 2.02. The summed E-state index contributed by atoms with van der Waals surface area (Å²) in [5.74, 6) is -0.971. The summed E-state index contributed by atoms with van der Waals surface area (Å²) in [4.78, 5) is 11.7. The molecule has 7 heteroatoms. The number of carbonyl (C=O) groups is 1. The van der Waals surface area contributed by atoms with E-state index in [9.17, 15) is 13.2 Å². The third-order valence-corrected chi connectivity index (χ3v) is 3.32. The summed E-state index contributed by atoms with van der Waals surface area (Å²) in [6.45, 7) is 2.52. The van der Waals surface area contributed by atoms with Crippen molar-refractivity contribution in [1.82, 2.24) is 0 Å². The lowest BCUT2D eigenvalue weighted by molar-refractivity contribution is 0.0498. The van der Waals surface area contributed by atoms with E-state index in [1.807, 2.05) is 0 Å². The second-order valence-electron chi connectivity index (χ2n) is 4.68. The number of nitrogens with one attached hydrogen (secondary N) is 1. The van der Waals surface area contributed by atoms with Crippen molar-refractivity contribution >= 4 is 21.8 Å². The lowest BCUT2D eigenvalue weighted by Gasteiger charge is -2.07. The highest BCUT2D eigenvalue weighted by Crippen LogP contribution is 2.11. The minimum Gasteiger partial charge on any atom is -0.462 e. The summed E-state index contributed by atoms with van der Waals surface area (Å²) in [7, 11) is -4.07. The molecule has 21 heavy (non-hydrogen) atoms. The molecule has 0 heterocycles. The number of rotatable bonds is 9. The Hall–Kier alpha value is -1.60. The van der Waals surface area contributed by atoms with Crippen LogP contribution < -0.4 is 5.32 Å². The number of unbranched alkanes of at least 4 members (excludes halogenated alkanes) is 3. The molecule has 2 N–H and O–H groups in total. The first-order valence-electron chi connectivity index (χ1n) is 6.88. The summed E-state index contributed by atoms with van der Waals surface area (Å²) in [5, 5.41) is 2.53. The highest BCUT2D eigenvalue weighted by atomic mass is 32.2. The van der Waals surface area contributed by atoms with E-state index in [4.69, 9.17) is 9.29 Å². The number of esters is 1. The molecule has 1 rings (SSSR count). The first-order chi connectivity index (χ1) is 9.92. The van der Waals surface area contributed by atoms with Crippen LogP contribution in [0.4, 0.5) is 5.69 Å². The molecule has 0 unspecified atom stereocenters. The summed E-state index contributed by atoms with van der Waals surface area (Å²) in [6, 6.07) is 6.19. The highest BCUT2D eigenvalue weighted by Gasteiger charge is 2.08. The van der Waals surface area contributed by atoms with Crippen LogP contribution >= 0.6 is 0 Å². The minimum atomic E-state index is -4.07. The summed E-state index contributed by atoms with van der Waals surface area (Å²) >= 11 is 0. The van der Waals surface area contributed by atoms with Gasteiger partial charge in [-0.2, -0.15) is 8.42 Å². The average molecular weight is 315 g/mol. The number of anilines is 1. The van der Waals surface area contributed by atoms with Crippen molar-refractivity contribution < 1.29 is 22.5 Å². The number of hydrogen-bond donors (Lipinski definition) is 2. The second kappa shape index (κ2) is 8.63. The number of hydrogen-bond acceptors (Lipinski definition) is 5. The fraction of sp³-hybridized carbons (Fsp3) is 0.500. The molecule has 0 aliphatic carbocycles. The van der Waals surface area contributed by atoms with Crippen molar-refractivity contribution in [1.29, 1.82) is 0 Å². The Kier molecular flexibility index (Phi) is 7.18. The largest absolute Gasteiger partial charge is 0.462 e. The Morgan fingerprint density at radius 1 is 1.19 bits per heavy atom. The van der Waals surface area contributed by atoms with Gasteiger partial charge in [0.2, 0.25) is 0 Å². The molecule has 0 saturated carbocycles. The molecule has 0 atom stereocenters. The van der Waals surface area contributed by atoms with Crippen LogP contribution in [0, 0.1) is 0 Å². The molecule has 0 aliphatic heterocycles. The Labute approximate surface area is 125 Å². The molecule has 0 fully saturated rings. The van der Waals surface area contributed by atoms with Gasteiger partial charge in [0.05, 0.1) is 12.2 Å². The maximum Gasteiger partial charge on any atom is 0.338 e. The van der Waals surface area contributed by atoms with Crippen molar-refractivity contribution in [3.05, 3.63) is 29.8 Å². The van der Waals surface area contributed by atoms with Crippen molar-refractivity contribution in [2.45, 2.75) is 32.6 Å². The second-order valence-corrected chi connectivity index (χ2v) is 6.13. The first-order valence-corrected chi connectivity index (χ1v) is 8.49. The predicted molar refractivity (Wildman–Crippen MR) is 80.9 cm³/mol. The molecule has 0 spiro atoms. The SMILES string of the molecule is CCCCCCOC(=O)c1ccc(NCS(=O)(=O)O)cc1. The van der Waals surface area contributed by atoms with Crippen molar-refractivity contribution in [3.63, 3.8) is 0 Å². The lowest BCUT2D eigenvalue weighted by atomic mass is 10.2. The van der Waals surface area contributed by atoms with Crippen LogP contribution in [-0.2, 0) is 14.9 Å². The monoisotopic (exact) mass is 315 g/mol. The van der Waals surface area contributed by atoms with E-state index in [1.165, 1.54) is 0 Å². The van der Waals surface area contributed by atoms with Gasteiger partial charge in [-0.1, -0.05) is 26.2 Å². The van der Waals surface area contributed by atoms with Gasteiger partial charge in [-0.3, -0.25) is 4.55 Å². The van der Waals surface area contributed by atoms with Crippen molar-refractivity contribution in [2.24, 2.45) is 0 Å².